The zero-order chi connectivity index (χ0) is 20.3. The number of benzene rings is 1. The van der Waals surface area contributed by atoms with E-state index in [1.54, 1.807) is 0 Å². The number of methoxy groups -OCH3 is 1. The topological polar surface area (TPSA) is 63.7 Å². The van der Waals surface area contributed by atoms with E-state index in [4.69, 9.17) is 4.74 Å². The second-order valence-corrected chi connectivity index (χ2v) is 6.40. The lowest BCUT2D eigenvalue weighted by atomic mass is 10.1. The van der Waals surface area contributed by atoms with Gasteiger partial charge in [-0.3, -0.25) is 0 Å². The number of ether oxygens (including phenoxy) is 1. The van der Waals surface area contributed by atoms with Crippen LogP contribution in [0.4, 0.5) is 26.3 Å². The number of alkyl halides is 6. The molecule has 0 radical (unpaired) electrons. The monoisotopic (exact) mass is 402 g/mol. The average molecular weight is 402 g/mol. The Kier molecular flexibility index (Phi) is 4.02. The van der Waals surface area contributed by atoms with Gasteiger partial charge in [0, 0.05) is 5.92 Å². The van der Waals surface area contributed by atoms with Crippen molar-refractivity contribution in [1.29, 1.82) is 0 Å². The molecule has 2 heterocycles. The highest BCUT2D eigenvalue weighted by molar-refractivity contribution is 5.80. The van der Waals surface area contributed by atoms with Crippen molar-refractivity contribution in [3.8, 4) is 17.1 Å². The molecule has 2 aromatic heterocycles. The highest BCUT2D eigenvalue weighted by Crippen LogP contribution is 2.42. The third kappa shape index (κ3) is 3.25. The summed E-state index contributed by atoms with van der Waals surface area (Å²) in [4.78, 5) is 14.3. The fourth-order valence-corrected chi connectivity index (χ4v) is 2.83. The third-order valence-electron chi connectivity index (χ3n) is 4.36. The predicted molar refractivity (Wildman–Crippen MR) is 85.7 cm³/mol. The molecular formula is C17H12F6N4O. The maximum Gasteiger partial charge on any atom is 0.435 e. The SMILES string of the molecule is COc1cc(C(F)(F)F)ccc1-c1nc2nc(C3CC3)nc(C(F)(F)F)c2[nH]1. The van der Waals surface area contributed by atoms with Crippen molar-refractivity contribution in [2.75, 3.05) is 7.11 Å². The number of rotatable bonds is 3. The number of imidazole rings is 1. The van der Waals surface area contributed by atoms with Crippen LogP contribution in [0, 0.1) is 0 Å². The standard InChI is InChI=1S/C17H12F6N4O/c1-28-10-6-8(16(18,19)20)4-5-9(10)14-24-11-12(17(21,22)23)25-13(7-2-3-7)26-15(11)27-14/h4-7H,2-3H2,1H3,(H,24,25,26,27). The van der Waals surface area contributed by atoms with Gasteiger partial charge in [0.15, 0.2) is 11.3 Å². The number of nitrogens with zero attached hydrogens (tertiary/aromatic N) is 3. The van der Waals surface area contributed by atoms with Gasteiger partial charge in [0.25, 0.3) is 0 Å². The Balaban J connectivity index is 1.88. The van der Waals surface area contributed by atoms with Crippen LogP contribution in [-0.4, -0.2) is 27.0 Å². The number of aromatic nitrogens is 4. The molecule has 1 fully saturated rings. The summed E-state index contributed by atoms with van der Waals surface area (Å²) in [5.74, 6) is -0.338. The van der Waals surface area contributed by atoms with Crippen LogP contribution in [0.2, 0.25) is 0 Å². The fraction of sp³-hybridized carbons (Fsp3) is 0.353. The fourth-order valence-electron chi connectivity index (χ4n) is 2.83. The smallest absolute Gasteiger partial charge is 0.435 e. The summed E-state index contributed by atoms with van der Waals surface area (Å²) in [6.07, 6.45) is -7.92. The Morgan fingerprint density at radius 3 is 2.29 bits per heavy atom. The van der Waals surface area contributed by atoms with E-state index in [0.29, 0.717) is 12.8 Å². The molecule has 1 aliphatic carbocycles. The van der Waals surface area contributed by atoms with E-state index in [1.807, 2.05) is 0 Å². The molecule has 28 heavy (non-hydrogen) atoms. The highest BCUT2D eigenvalue weighted by atomic mass is 19.4. The van der Waals surface area contributed by atoms with E-state index in [0.717, 1.165) is 25.3 Å². The molecule has 0 bridgehead atoms. The number of fused-ring (bicyclic) bond motifs is 1. The Morgan fingerprint density at radius 2 is 1.71 bits per heavy atom. The van der Waals surface area contributed by atoms with Gasteiger partial charge in [-0.15, -0.1) is 0 Å². The van der Waals surface area contributed by atoms with Crippen LogP contribution in [0.1, 0.15) is 35.8 Å². The van der Waals surface area contributed by atoms with Crippen molar-refractivity contribution in [1.82, 2.24) is 19.9 Å². The number of hydrogen-bond acceptors (Lipinski definition) is 4. The van der Waals surface area contributed by atoms with Crippen LogP contribution < -0.4 is 4.74 Å². The van der Waals surface area contributed by atoms with Crippen LogP contribution >= 0.6 is 0 Å². The molecule has 0 saturated heterocycles. The Morgan fingerprint density at radius 1 is 1.00 bits per heavy atom. The van der Waals surface area contributed by atoms with E-state index in [-0.39, 0.29) is 34.5 Å². The van der Waals surface area contributed by atoms with Crippen LogP contribution in [0.3, 0.4) is 0 Å². The molecule has 0 unspecified atom stereocenters. The lowest BCUT2D eigenvalue weighted by Crippen LogP contribution is -2.11. The highest BCUT2D eigenvalue weighted by Gasteiger charge is 2.39. The lowest BCUT2D eigenvalue weighted by Gasteiger charge is -2.11. The van der Waals surface area contributed by atoms with E-state index in [2.05, 4.69) is 19.9 Å². The molecule has 0 spiro atoms. The number of aromatic amines is 1. The first-order valence-electron chi connectivity index (χ1n) is 8.18. The maximum absolute atomic E-state index is 13.4. The minimum Gasteiger partial charge on any atom is -0.496 e. The van der Waals surface area contributed by atoms with Gasteiger partial charge in [0.1, 0.15) is 22.9 Å². The van der Waals surface area contributed by atoms with Crippen molar-refractivity contribution in [3.05, 3.63) is 35.3 Å². The number of H-pyrrole nitrogens is 1. The van der Waals surface area contributed by atoms with Crippen molar-refractivity contribution >= 4 is 11.2 Å². The molecule has 1 aromatic carbocycles. The van der Waals surface area contributed by atoms with E-state index >= 15 is 0 Å². The quantitative estimate of drug-likeness (QED) is 0.630. The summed E-state index contributed by atoms with van der Waals surface area (Å²) in [5.41, 5.74) is -2.63. The molecule has 0 amide bonds. The number of nitrogens with one attached hydrogen (secondary N) is 1. The molecule has 1 saturated carbocycles. The van der Waals surface area contributed by atoms with Gasteiger partial charge >= 0.3 is 12.4 Å². The van der Waals surface area contributed by atoms with Gasteiger partial charge in [0.05, 0.1) is 18.2 Å². The van der Waals surface area contributed by atoms with Crippen LogP contribution in [0.25, 0.3) is 22.6 Å². The predicted octanol–water partition coefficient (Wildman–Crippen LogP) is 4.94. The molecule has 0 aliphatic heterocycles. The zero-order valence-corrected chi connectivity index (χ0v) is 14.2. The molecule has 1 N–H and O–H groups in total. The molecule has 4 rings (SSSR count). The first-order valence-corrected chi connectivity index (χ1v) is 8.18. The first kappa shape index (κ1) is 18.5. The average Bonchev–Trinajstić information content (AvgIpc) is 3.37. The summed E-state index contributed by atoms with van der Waals surface area (Å²) < 4.78 is 84.0. The largest absolute Gasteiger partial charge is 0.496 e. The molecule has 0 atom stereocenters. The molecule has 11 heteroatoms. The zero-order valence-electron chi connectivity index (χ0n) is 14.2. The first-order chi connectivity index (χ1) is 13.1. The summed E-state index contributed by atoms with van der Waals surface area (Å²) in [6, 6.07) is 2.65. The molecule has 148 valence electrons. The Hall–Kier alpha value is -2.85. The van der Waals surface area contributed by atoms with Gasteiger partial charge in [-0.25, -0.2) is 15.0 Å². The Bertz CT molecular complexity index is 1050. The normalized spacial score (nSPS) is 15.2. The lowest BCUT2D eigenvalue weighted by molar-refractivity contribution is -0.140. The molecule has 3 aromatic rings. The summed E-state index contributed by atoms with van der Waals surface area (Å²) in [6.45, 7) is 0. The molecule has 5 nitrogen and oxygen atoms in total. The molecular weight excluding hydrogens is 390 g/mol. The molecule has 1 aliphatic rings. The van der Waals surface area contributed by atoms with Crippen LogP contribution in [0.15, 0.2) is 18.2 Å². The van der Waals surface area contributed by atoms with Crippen molar-refractivity contribution in [2.45, 2.75) is 31.1 Å². The Labute approximate surface area is 153 Å². The van der Waals surface area contributed by atoms with Gasteiger partial charge in [-0.1, -0.05) is 0 Å². The minimum absolute atomic E-state index is 0.0669. The summed E-state index contributed by atoms with van der Waals surface area (Å²) in [5, 5.41) is 0. The van der Waals surface area contributed by atoms with E-state index in [9.17, 15) is 26.3 Å². The number of hydrogen-bond donors (Lipinski definition) is 1. The van der Waals surface area contributed by atoms with E-state index < -0.39 is 29.1 Å². The van der Waals surface area contributed by atoms with Crippen LogP contribution in [0.5, 0.6) is 5.75 Å². The third-order valence-corrected chi connectivity index (χ3v) is 4.36. The van der Waals surface area contributed by atoms with Gasteiger partial charge in [-0.2, -0.15) is 26.3 Å². The van der Waals surface area contributed by atoms with Crippen LogP contribution in [-0.2, 0) is 12.4 Å². The van der Waals surface area contributed by atoms with Crippen molar-refractivity contribution < 1.29 is 31.1 Å². The van der Waals surface area contributed by atoms with E-state index in [1.165, 1.54) is 0 Å². The second-order valence-electron chi connectivity index (χ2n) is 6.40. The minimum atomic E-state index is -4.74. The maximum atomic E-state index is 13.4. The van der Waals surface area contributed by atoms with Gasteiger partial charge < -0.3 is 9.72 Å². The van der Waals surface area contributed by atoms with Gasteiger partial charge in [0.2, 0.25) is 0 Å². The van der Waals surface area contributed by atoms with Crippen molar-refractivity contribution in [2.24, 2.45) is 0 Å². The second kappa shape index (κ2) is 6.08. The number of halogens is 6. The summed E-state index contributed by atoms with van der Waals surface area (Å²) >= 11 is 0. The van der Waals surface area contributed by atoms with Crippen molar-refractivity contribution in [3.63, 3.8) is 0 Å². The van der Waals surface area contributed by atoms with Gasteiger partial charge in [-0.05, 0) is 31.0 Å². The summed E-state index contributed by atoms with van der Waals surface area (Å²) in [7, 11) is 1.16.